The zero-order chi connectivity index (χ0) is 12.4. The second-order valence-corrected chi connectivity index (χ2v) is 4.40. The molecule has 0 aliphatic heterocycles. The summed E-state index contributed by atoms with van der Waals surface area (Å²) in [5.74, 6) is -0.600. The van der Waals surface area contributed by atoms with Gasteiger partial charge in [-0.15, -0.1) is 0 Å². The number of aromatic nitrogens is 2. The fourth-order valence-electron chi connectivity index (χ4n) is 1.41. The van der Waals surface area contributed by atoms with Crippen molar-refractivity contribution in [1.29, 1.82) is 0 Å². The van der Waals surface area contributed by atoms with Crippen molar-refractivity contribution in [2.75, 3.05) is 5.32 Å². The molecule has 1 aromatic heterocycles. The standard InChI is InChI=1S/C11H10Cl2FN3/c1-17-3-2-7(16-17)6-15-8-4-9(12)11(14)10(13)5-8/h2-5,15H,6H2,1H3. The van der Waals surface area contributed by atoms with Gasteiger partial charge in [-0.3, -0.25) is 4.68 Å². The van der Waals surface area contributed by atoms with Gasteiger partial charge < -0.3 is 5.32 Å². The minimum atomic E-state index is -0.600. The van der Waals surface area contributed by atoms with E-state index < -0.39 is 5.82 Å². The number of nitrogens with zero attached hydrogens (tertiary/aromatic N) is 2. The number of rotatable bonds is 3. The summed E-state index contributed by atoms with van der Waals surface area (Å²) >= 11 is 11.4. The first kappa shape index (κ1) is 12.2. The van der Waals surface area contributed by atoms with E-state index in [1.54, 1.807) is 4.68 Å². The Morgan fingerprint density at radius 1 is 1.35 bits per heavy atom. The molecule has 0 aliphatic rings. The third-order valence-electron chi connectivity index (χ3n) is 2.23. The molecule has 0 atom stereocenters. The van der Waals surface area contributed by atoms with Gasteiger partial charge in [-0.25, -0.2) is 4.39 Å². The number of hydrogen-bond donors (Lipinski definition) is 1. The van der Waals surface area contributed by atoms with Crippen LogP contribution in [0.15, 0.2) is 24.4 Å². The Balaban J connectivity index is 2.09. The fraction of sp³-hybridized carbons (Fsp3) is 0.182. The van der Waals surface area contributed by atoms with Gasteiger partial charge in [0, 0.05) is 18.9 Å². The van der Waals surface area contributed by atoms with Crippen LogP contribution in [0.5, 0.6) is 0 Å². The predicted octanol–water partition coefficient (Wildman–Crippen LogP) is 3.48. The van der Waals surface area contributed by atoms with Crippen LogP contribution in [-0.2, 0) is 13.6 Å². The van der Waals surface area contributed by atoms with E-state index >= 15 is 0 Å². The number of nitrogens with one attached hydrogen (secondary N) is 1. The molecule has 90 valence electrons. The van der Waals surface area contributed by atoms with Gasteiger partial charge in [-0.1, -0.05) is 23.2 Å². The molecule has 1 heterocycles. The molecule has 0 saturated heterocycles. The molecule has 1 aromatic carbocycles. The van der Waals surface area contributed by atoms with Crippen molar-refractivity contribution in [1.82, 2.24) is 9.78 Å². The quantitative estimate of drug-likeness (QED) is 0.868. The van der Waals surface area contributed by atoms with E-state index in [9.17, 15) is 4.39 Å². The monoisotopic (exact) mass is 273 g/mol. The summed E-state index contributed by atoms with van der Waals surface area (Å²) in [7, 11) is 1.84. The van der Waals surface area contributed by atoms with Gasteiger partial charge in [-0.2, -0.15) is 5.10 Å². The topological polar surface area (TPSA) is 29.9 Å². The lowest BCUT2D eigenvalue weighted by molar-refractivity contribution is 0.629. The van der Waals surface area contributed by atoms with Crippen LogP contribution in [0.3, 0.4) is 0 Å². The number of halogens is 3. The Hall–Kier alpha value is -1.26. The van der Waals surface area contributed by atoms with E-state index in [1.807, 2.05) is 19.3 Å². The lowest BCUT2D eigenvalue weighted by Crippen LogP contribution is -2.01. The first-order chi connectivity index (χ1) is 8.06. The van der Waals surface area contributed by atoms with E-state index in [2.05, 4.69) is 10.4 Å². The molecule has 0 spiro atoms. The smallest absolute Gasteiger partial charge is 0.160 e. The van der Waals surface area contributed by atoms with Crippen LogP contribution < -0.4 is 5.32 Å². The SMILES string of the molecule is Cn1ccc(CNc2cc(Cl)c(F)c(Cl)c2)n1. The molecule has 2 aromatic rings. The highest BCUT2D eigenvalue weighted by atomic mass is 35.5. The molecule has 1 N–H and O–H groups in total. The third kappa shape index (κ3) is 2.90. The Kier molecular flexibility index (Phi) is 3.54. The summed E-state index contributed by atoms with van der Waals surface area (Å²) in [6.45, 7) is 0.527. The van der Waals surface area contributed by atoms with Gasteiger partial charge in [0.25, 0.3) is 0 Å². The number of hydrogen-bond acceptors (Lipinski definition) is 2. The largest absolute Gasteiger partial charge is 0.379 e. The number of benzene rings is 1. The summed E-state index contributed by atoms with van der Waals surface area (Å²) in [5, 5.41) is 7.28. The van der Waals surface area contributed by atoms with E-state index in [-0.39, 0.29) is 10.0 Å². The predicted molar refractivity (Wildman–Crippen MR) is 67.0 cm³/mol. The molecule has 0 saturated carbocycles. The first-order valence-electron chi connectivity index (χ1n) is 4.93. The maximum atomic E-state index is 13.2. The Morgan fingerprint density at radius 2 is 2.00 bits per heavy atom. The molecule has 6 heteroatoms. The zero-order valence-electron chi connectivity index (χ0n) is 9.04. The van der Waals surface area contributed by atoms with Crippen LogP contribution in [-0.4, -0.2) is 9.78 Å². The Labute approximate surface area is 108 Å². The Bertz CT molecular complexity index is 516. The average Bonchev–Trinajstić information content (AvgIpc) is 2.69. The van der Waals surface area contributed by atoms with Gasteiger partial charge in [0.2, 0.25) is 0 Å². The highest BCUT2D eigenvalue weighted by molar-refractivity contribution is 6.35. The molecule has 0 unspecified atom stereocenters. The molecule has 0 aliphatic carbocycles. The summed E-state index contributed by atoms with van der Waals surface area (Å²) in [6.07, 6.45) is 1.85. The van der Waals surface area contributed by atoms with Crippen LogP contribution in [0.4, 0.5) is 10.1 Å². The number of aryl methyl sites for hydroxylation is 1. The van der Waals surface area contributed by atoms with E-state index in [0.717, 1.165) is 5.69 Å². The van der Waals surface area contributed by atoms with E-state index in [1.165, 1.54) is 12.1 Å². The summed E-state index contributed by atoms with van der Waals surface area (Å²) in [5.41, 5.74) is 1.54. The van der Waals surface area contributed by atoms with Crippen molar-refractivity contribution >= 4 is 28.9 Å². The van der Waals surface area contributed by atoms with Crippen LogP contribution in [0, 0.1) is 5.82 Å². The lowest BCUT2D eigenvalue weighted by Gasteiger charge is -2.06. The molecule has 0 fully saturated rings. The maximum absolute atomic E-state index is 13.2. The van der Waals surface area contributed by atoms with Crippen LogP contribution in [0.2, 0.25) is 10.0 Å². The van der Waals surface area contributed by atoms with Crippen molar-refractivity contribution < 1.29 is 4.39 Å². The van der Waals surface area contributed by atoms with Gasteiger partial charge in [0.1, 0.15) is 0 Å². The molecular weight excluding hydrogens is 264 g/mol. The van der Waals surface area contributed by atoms with Crippen molar-refractivity contribution in [3.8, 4) is 0 Å². The highest BCUT2D eigenvalue weighted by Gasteiger charge is 2.07. The fourth-order valence-corrected chi connectivity index (χ4v) is 1.89. The third-order valence-corrected chi connectivity index (χ3v) is 2.78. The average molecular weight is 274 g/mol. The molecule has 2 rings (SSSR count). The van der Waals surface area contributed by atoms with Crippen LogP contribution in [0.25, 0.3) is 0 Å². The van der Waals surface area contributed by atoms with Crippen molar-refractivity contribution in [3.05, 3.63) is 46.0 Å². The minimum absolute atomic E-state index is 0.000945. The van der Waals surface area contributed by atoms with Gasteiger partial charge in [0.15, 0.2) is 5.82 Å². The van der Waals surface area contributed by atoms with Crippen LogP contribution >= 0.6 is 23.2 Å². The van der Waals surface area contributed by atoms with Gasteiger partial charge >= 0.3 is 0 Å². The van der Waals surface area contributed by atoms with E-state index in [4.69, 9.17) is 23.2 Å². The van der Waals surface area contributed by atoms with Crippen LogP contribution in [0.1, 0.15) is 5.69 Å². The maximum Gasteiger partial charge on any atom is 0.160 e. The highest BCUT2D eigenvalue weighted by Crippen LogP contribution is 2.27. The minimum Gasteiger partial charge on any atom is -0.379 e. The summed E-state index contributed by atoms with van der Waals surface area (Å²) < 4.78 is 14.9. The molecule has 3 nitrogen and oxygen atoms in total. The second-order valence-electron chi connectivity index (χ2n) is 3.59. The van der Waals surface area contributed by atoms with Gasteiger partial charge in [-0.05, 0) is 18.2 Å². The normalized spacial score (nSPS) is 10.6. The zero-order valence-corrected chi connectivity index (χ0v) is 10.6. The summed E-state index contributed by atoms with van der Waals surface area (Å²) in [4.78, 5) is 0. The lowest BCUT2D eigenvalue weighted by atomic mass is 10.3. The molecule has 17 heavy (non-hydrogen) atoms. The molecule has 0 amide bonds. The molecular formula is C11H10Cl2FN3. The summed E-state index contributed by atoms with van der Waals surface area (Å²) in [6, 6.07) is 4.87. The van der Waals surface area contributed by atoms with Crippen molar-refractivity contribution in [2.45, 2.75) is 6.54 Å². The number of anilines is 1. The van der Waals surface area contributed by atoms with E-state index in [0.29, 0.717) is 12.2 Å². The van der Waals surface area contributed by atoms with Crippen molar-refractivity contribution in [3.63, 3.8) is 0 Å². The first-order valence-corrected chi connectivity index (χ1v) is 5.69. The van der Waals surface area contributed by atoms with Crippen molar-refractivity contribution in [2.24, 2.45) is 7.05 Å². The Morgan fingerprint density at radius 3 is 2.53 bits per heavy atom. The molecule has 0 bridgehead atoms. The van der Waals surface area contributed by atoms with Gasteiger partial charge in [0.05, 0.1) is 22.3 Å². The molecule has 0 radical (unpaired) electrons. The second kappa shape index (κ2) is 4.94.